The molecule has 2 heterocycles. The van der Waals surface area contributed by atoms with Crippen LogP contribution in [-0.2, 0) is 6.54 Å². The van der Waals surface area contributed by atoms with Crippen molar-refractivity contribution in [3.8, 4) is 0 Å². The van der Waals surface area contributed by atoms with Gasteiger partial charge in [-0.25, -0.2) is 9.97 Å². The predicted octanol–water partition coefficient (Wildman–Crippen LogP) is 1.53. The first-order chi connectivity index (χ1) is 7.38. The summed E-state index contributed by atoms with van der Waals surface area (Å²) in [6, 6.07) is 3.84. The van der Waals surface area contributed by atoms with Gasteiger partial charge >= 0.3 is 0 Å². The Morgan fingerprint density at radius 2 is 2.40 bits per heavy atom. The van der Waals surface area contributed by atoms with Crippen molar-refractivity contribution in [3.05, 3.63) is 30.4 Å². The summed E-state index contributed by atoms with van der Waals surface area (Å²) in [4.78, 5) is 8.21. The van der Waals surface area contributed by atoms with Crippen molar-refractivity contribution in [2.75, 3.05) is 11.6 Å². The van der Waals surface area contributed by atoms with Gasteiger partial charge in [0.25, 0.3) is 0 Å². The summed E-state index contributed by atoms with van der Waals surface area (Å²) in [6.07, 6.45) is 5.27. The lowest BCUT2D eigenvalue weighted by molar-refractivity contribution is 0.961. The van der Waals surface area contributed by atoms with Crippen LogP contribution in [0.15, 0.2) is 29.7 Å². The van der Waals surface area contributed by atoms with Gasteiger partial charge in [0, 0.05) is 12.3 Å². The Balaban J connectivity index is 1.98. The number of rotatable bonds is 4. The highest BCUT2D eigenvalue weighted by molar-refractivity contribution is 7.98. The molecular formula is C9H11N5S. The number of hydrogen-bond donors (Lipinski definition) is 2. The second-order valence-corrected chi connectivity index (χ2v) is 3.71. The van der Waals surface area contributed by atoms with E-state index >= 15 is 0 Å². The van der Waals surface area contributed by atoms with Gasteiger partial charge in [-0.15, -0.1) is 11.8 Å². The Morgan fingerprint density at radius 1 is 1.47 bits per heavy atom. The number of hydrogen-bond acceptors (Lipinski definition) is 5. The van der Waals surface area contributed by atoms with Gasteiger partial charge in [-0.05, 0) is 12.3 Å². The maximum absolute atomic E-state index is 4.12. The largest absolute Gasteiger partial charge is 0.364 e. The monoisotopic (exact) mass is 221 g/mol. The van der Waals surface area contributed by atoms with E-state index in [0.717, 1.165) is 16.5 Å². The van der Waals surface area contributed by atoms with Crippen molar-refractivity contribution in [2.45, 2.75) is 11.6 Å². The van der Waals surface area contributed by atoms with Crippen molar-refractivity contribution in [2.24, 2.45) is 0 Å². The van der Waals surface area contributed by atoms with Gasteiger partial charge in [0.15, 0.2) is 0 Å². The van der Waals surface area contributed by atoms with Crippen molar-refractivity contribution < 1.29 is 0 Å². The van der Waals surface area contributed by atoms with Crippen molar-refractivity contribution in [1.82, 2.24) is 20.2 Å². The summed E-state index contributed by atoms with van der Waals surface area (Å²) in [5.41, 5.74) is 1.03. The van der Waals surface area contributed by atoms with E-state index in [1.165, 1.54) is 0 Å². The smallest absolute Gasteiger partial charge is 0.130 e. The predicted molar refractivity (Wildman–Crippen MR) is 59.7 cm³/mol. The number of H-pyrrole nitrogens is 1. The molecular weight excluding hydrogens is 210 g/mol. The van der Waals surface area contributed by atoms with Crippen LogP contribution >= 0.6 is 11.8 Å². The fraction of sp³-hybridized carbons (Fsp3) is 0.222. The SMILES string of the molecule is CSc1cc(NCc2ccn[nH]2)ncn1. The topological polar surface area (TPSA) is 66.5 Å². The van der Waals surface area contributed by atoms with E-state index in [4.69, 9.17) is 0 Å². The van der Waals surface area contributed by atoms with Crippen LogP contribution in [0.2, 0.25) is 0 Å². The Hall–Kier alpha value is -1.56. The van der Waals surface area contributed by atoms with Gasteiger partial charge in [-0.1, -0.05) is 0 Å². The average molecular weight is 221 g/mol. The van der Waals surface area contributed by atoms with Crippen molar-refractivity contribution in [1.29, 1.82) is 0 Å². The zero-order valence-corrected chi connectivity index (χ0v) is 9.08. The lowest BCUT2D eigenvalue weighted by atomic mass is 10.4. The Morgan fingerprint density at radius 3 is 3.13 bits per heavy atom. The number of aromatic amines is 1. The van der Waals surface area contributed by atoms with Gasteiger partial charge in [-0.3, -0.25) is 5.10 Å². The summed E-state index contributed by atoms with van der Waals surface area (Å²) in [5.74, 6) is 0.823. The molecule has 0 saturated heterocycles. The van der Waals surface area contributed by atoms with E-state index in [2.05, 4.69) is 25.5 Å². The Bertz CT molecular complexity index is 414. The molecule has 0 aromatic carbocycles. The average Bonchev–Trinajstić information content (AvgIpc) is 2.79. The molecule has 6 heteroatoms. The van der Waals surface area contributed by atoms with Crippen LogP contribution in [0.5, 0.6) is 0 Å². The molecule has 0 amide bonds. The molecule has 78 valence electrons. The zero-order valence-electron chi connectivity index (χ0n) is 8.27. The summed E-state index contributed by atoms with van der Waals surface area (Å²) in [5, 5.41) is 10.9. The van der Waals surface area contributed by atoms with Gasteiger partial charge in [-0.2, -0.15) is 5.10 Å². The van der Waals surface area contributed by atoms with Crippen molar-refractivity contribution in [3.63, 3.8) is 0 Å². The van der Waals surface area contributed by atoms with Crippen LogP contribution < -0.4 is 5.32 Å². The quantitative estimate of drug-likeness (QED) is 0.605. The first kappa shape index (κ1) is 9.97. The minimum atomic E-state index is 0.685. The van der Waals surface area contributed by atoms with E-state index in [1.807, 2.05) is 18.4 Å². The van der Waals surface area contributed by atoms with E-state index in [1.54, 1.807) is 24.3 Å². The molecule has 0 aliphatic carbocycles. The van der Waals surface area contributed by atoms with Crippen molar-refractivity contribution >= 4 is 17.6 Å². The highest BCUT2D eigenvalue weighted by Gasteiger charge is 1.98. The highest BCUT2D eigenvalue weighted by atomic mass is 32.2. The molecule has 0 aliphatic rings. The van der Waals surface area contributed by atoms with Crippen LogP contribution in [0.1, 0.15) is 5.69 Å². The van der Waals surface area contributed by atoms with Crippen LogP contribution in [0.25, 0.3) is 0 Å². The molecule has 0 spiro atoms. The third kappa shape index (κ3) is 2.69. The van der Waals surface area contributed by atoms with E-state index in [-0.39, 0.29) is 0 Å². The van der Waals surface area contributed by atoms with Gasteiger partial charge in [0.05, 0.1) is 12.2 Å². The number of nitrogens with zero attached hydrogens (tertiary/aromatic N) is 3. The molecule has 0 atom stereocenters. The van der Waals surface area contributed by atoms with Crippen LogP contribution in [0.4, 0.5) is 5.82 Å². The molecule has 2 N–H and O–H groups in total. The van der Waals surface area contributed by atoms with Crippen LogP contribution in [0.3, 0.4) is 0 Å². The molecule has 2 aromatic rings. The third-order valence-electron chi connectivity index (χ3n) is 1.87. The standard InChI is InChI=1S/C9H11N5S/c1-15-9-4-8(11-6-12-9)10-5-7-2-3-13-14-7/h2-4,6H,5H2,1H3,(H,13,14)(H,10,11,12). The van der Waals surface area contributed by atoms with E-state index < -0.39 is 0 Å². The number of aromatic nitrogens is 4. The molecule has 0 bridgehead atoms. The van der Waals surface area contributed by atoms with E-state index in [0.29, 0.717) is 6.54 Å². The second kappa shape index (κ2) is 4.79. The molecule has 5 nitrogen and oxygen atoms in total. The van der Waals surface area contributed by atoms with Crippen LogP contribution in [0, 0.1) is 0 Å². The maximum Gasteiger partial charge on any atom is 0.130 e. The molecule has 2 rings (SSSR count). The minimum Gasteiger partial charge on any atom is -0.364 e. The summed E-state index contributed by atoms with van der Waals surface area (Å²) >= 11 is 1.60. The zero-order chi connectivity index (χ0) is 10.5. The normalized spacial score (nSPS) is 10.2. The molecule has 0 radical (unpaired) electrons. The van der Waals surface area contributed by atoms with Crippen LogP contribution in [-0.4, -0.2) is 26.4 Å². The molecule has 15 heavy (non-hydrogen) atoms. The highest BCUT2D eigenvalue weighted by Crippen LogP contribution is 2.13. The molecule has 2 aromatic heterocycles. The Kier molecular flexibility index (Phi) is 3.18. The molecule has 0 saturated carbocycles. The first-order valence-corrected chi connectivity index (χ1v) is 5.69. The fourth-order valence-electron chi connectivity index (χ4n) is 1.12. The fourth-order valence-corrected chi connectivity index (χ4v) is 1.50. The number of nitrogens with one attached hydrogen (secondary N) is 2. The second-order valence-electron chi connectivity index (χ2n) is 2.88. The summed E-state index contributed by atoms with van der Waals surface area (Å²) in [7, 11) is 0. The number of anilines is 1. The number of thioether (sulfide) groups is 1. The minimum absolute atomic E-state index is 0.685. The lowest BCUT2D eigenvalue weighted by Crippen LogP contribution is -2.02. The first-order valence-electron chi connectivity index (χ1n) is 4.46. The maximum atomic E-state index is 4.12. The summed E-state index contributed by atoms with van der Waals surface area (Å²) in [6.45, 7) is 0.685. The van der Waals surface area contributed by atoms with Gasteiger partial charge < -0.3 is 5.32 Å². The summed E-state index contributed by atoms with van der Waals surface area (Å²) < 4.78 is 0. The lowest BCUT2D eigenvalue weighted by Gasteiger charge is -2.03. The van der Waals surface area contributed by atoms with Gasteiger partial charge in [0.1, 0.15) is 17.2 Å². The molecule has 0 aliphatic heterocycles. The van der Waals surface area contributed by atoms with E-state index in [9.17, 15) is 0 Å². The molecule has 0 fully saturated rings. The molecule has 0 unspecified atom stereocenters. The van der Waals surface area contributed by atoms with Gasteiger partial charge in [0.2, 0.25) is 0 Å². The Labute approximate surface area is 91.7 Å². The third-order valence-corrected chi connectivity index (χ3v) is 2.51.